The van der Waals surface area contributed by atoms with Gasteiger partial charge in [0.25, 0.3) is 5.91 Å². The molecule has 1 fully saturated rings. The molecule has 0 unspecified atom stereocenters. The van der Waals surface area contributed by atoms with Gasteiger partial charge in [-0.2, -0.15) is 0 Å². The Balaban J connectivity index is 1.86. The predicted octanol–water partition coefficient (Wildman–Crippen LogP) is 2.28. The van der Waals surface area contributed by atoms with Crippen LogP contribution in [0.25, 0.3) is 0 Å². The lowest BCUT2D eigenvalue weighted by Gasteiger charge is -2.39. The van der Waals surface area contributed by atoms with E-state index in [2.05, 4.69) is 0 Å². The van der Waals surface area contributed by atoms with Crippen molar-refractivity contribution in [3.05, 3.63) is 52.2 Å². The highest BCUT2D eigenvalue weighted by molar-refractivity contribution is 7.10. The molecule has 0 bridgehead atoms. The summed E-state index contributed by atoms with van der Waals surface area (Å²) in [5.74, 6) is -2.13. The summed E-state index contributed by atoms with van der Waals surface area (Å²) < 4.78 is 5.12. The molecule has 0 spiro atoms. The average molecular weight is 415 g/mol. The molecular weight excluding hydrogens is 394 g/mol. The SMILES string of the molecule is Cc1ccc(N2C(=O)CC[C@@H](C(=O)OCC(=O)NC(N)=O)[C@H]2c2cccs2)cc1. The van der Waals surface area contributed by atoms with E-state index >= 15 is 0 Å². The Kier molecular flexibility index (Phi) is 6.28. The first-order chi connectivity index (χ1) is 13.9. The zero-order valence-electron chi connectivity index (χ0n) is 15.8. The fraction of sp³-hybridized carbons (Fsp3) is 0.300. The quantitative estimate of drug-likeness (QED) is 0.726. The lowest BCUT2D eigenvalue weighted by atomic mass is 9.87. The molecule has 1 aromatic carbocycles. The molecule has 1 saturated heterocycles. The van der Waals surface area contributed by atoms with E-state index in [9.17, 15) is 19.2 Å². The number of nitrogens with one attached hydrogen (secondary N) is 1. The molecule has 1 aliphatic rings. The van der Waals surface area contributed by atoms with Crippen molar-refractivity contribution in [1.82, 2.24) is 5.32 Å². The molecule has 0 aliphatic carbocycles. The number of amides is 4. The summed E-state index contributed by atoms with van der Waals surface area (Å²) in [7, 11) is 0. The van der Waals surface area contributed by atoms with E-state index in [-0.39, 0.29) is 12.3 Å². The summed E-state index contributed by atoms with van der Waals surface area (Å²) in [4.78, 5) is 50.4. The smallest absolute Gasteiger partial charge is 0.318 e. The number of carbonyl (C=O) groups excluding carboxylic acids is 4. The van der Waals surface area contributed by atoms with Crippen molar-refractivity contribution in [2.24, 2.45) is 11.7 Å². The van der Waals surface area contributed by atoms with Gasteiger partial charge in [-0.25, -0.2) is 4.79 Å². The normalized spacial score (nSPS) is 18.9. The maximum atomic E-state index is 12.8. The third kappa shape index (κ3) is 4.80. The molecule has 9 heteroatoms. The Morgan fingerprint density at radius 2 is 1.97 bits per heavy atom. The number of hydrogen-bond donors (Lipinski definition) is 2. The molecule has 0 radical (unpaired) electrons. The second kappa shape index (κ2) is 8.87. The van der Waals surface area contributed by atoms with E-state index in [0.717, 1.165) is 10.4 Å². The van der Waals surface area contributed by atoms with Gasteiger partial charge in [0, 0.05) is 17.0 Å². The number of thiophene rings is 1. The highest BCUT2D eigenvalue weighted by Crippen LogP contribution is 2.42. The summed E-state index contributed by atoms with van der Waals surface area (Å²) in [6.07, 6.45) is 0.489. The van der Waals surface area contributed by atoms with E-state index < -0.39 is 36.5 Å². The molecular formula is C20H21N3O5S. The highest BCUT2D eigenvalue weighted by Gasteiger charge is 2.43. The van der Waals surface area contributed by atoms with Crippen LogP contribution in [0.4, 0.5) is 10.5 Å². The molecule has 8 nitrogen and oxygen atoms in total. The van der Waals surface area contributed by atoms with E-state index in [0.29, 0.717) is 12.1 Å². The monoisotopic (exact) mass is 415 g/mol. The van der Waals surface area contributed by atoms with Gasteiger partial charge in [0.15, 0.2) is 6.61 Å². The van der Waals surface area contributed by atoms with Crippen LogP contribution < -0.4 is 16.0 Å². The van der Waals surface area contributed by atoms with Gasteiger partial charge in [-0.05, 0) is 36.9 Å². The van der Waals surface area contributed by atoms with Gasteiger partial charge < -0.3 is 15.4 Å². The first-order valence-corrected chi connectivity index (χ1v) is 9.93. The van der Waals surface area contributed by atoms with Gasteiger partial charge >= 0.3 is 12.0 Å². The number of hydrogen-bond acceptors (Lipinski definition) is 6. The molecule has 1 aliphatic heterocycles. The van der Waals surface area contributed by atoms with Gasteiger partial charge in [-0.3, -0.25) is 19.7 Å². The summed E-state index contributed by atoms with van der Waals surface area (Å²) in [6, 6.07) is 9.68. The van der Waals surface area contributed by atoms with Crippen molar-refractivity contribution in [1.29, 1.82) is 0 Å². The fourth-order valence-electron chi connectivity index (χ4n) is 3.35. The largest absolute Gasteiger partial charge is 0.455 e. The minimum atomic E-state index is -1.02. The lowest BCUT2D eigenvalue weighted by Crippen LogP contribution is -2.46. The van der Waals surface area contributed by atoms with Gasteiger partial charge in [-0.1, -0.05) is 23.8 Å². The number of imide groups is 1. The molecule has 3 rings (SSSR count). The first-order valence-electron chi connectivity index (χ1n) is 9.05. The fourth-order valence-corrected chi connectivity index (χ4v) is 4.23. The molecule has 2 atom stereocenters. The van der Waals surface area contributed by atoms with Crippen molar-refractivity contribution in [2.75, 3.05) is 11.5 Å². The minimum absolute atomic E-state index is 0.0808. The molecule has 2 aromatic rings. The maximum absolute atomic E-state index is 12.8. The van der Waals surface area contributed by atoms with Gasteiger partial charge in [0.2, 0.25) is 5.91 Å². The van der Waals surface area contributed by atoms with Gasteiger partial charge in [-0.15, -0.1) is 11.3 Å². The van der Waals surface area contributed by atoms with Crippen LogP contribution >= 0.6 is 11.3 Å². The number of primary amides is 1. The maximum Gasteiger partial charge on any atom is 0.318 e. The molecule has 29 heavy (non-hydrogen) atoms. The zero-order chi connectivity index (χ0) is 21.0. The van der Waals surface area contributed by atoms with Crippen LogP contribution in [0.3, 0.4) is 0 Å². The third-order valence-electron chi connectivity index (χ3n) is 4.65. The molecule has 1 aromatic heterocycles. The van der Waals surface area contributed by atoms with Crippen molar-refractivity contribution >= 4 is 40.8 Å². The zero-order valence-corrected chi connectivity index (χ0v) is 16.6. The molecule has 0 saturated carbocycles. The number of nitrogens with two attached hydrogens (primary N) is 1. The van der Waals surface area contributed by atoms with E-state index in [1.165, 1.54) is 11.3 Å². The number of rotatable bonds is 5. The van der Waals surface area contributed by atoms with Crippen LogP contribution in [-0.2, 0) is 19.1 Å². The van der Waals surface area contributed by atoms with E-state index in [4.69, 9.17) is 10.5 Å². The van der Waals surface area contributed by atoms with Crippen LogP contribution in [0.15, 0.2) is 41.8 Å². The Labute approximate surface area is 171 Å². The standard InChI is InChI=1S/C20H21N3O5S/c1-12-4-6-13(7-5-12)23-17(25)9-8-14(18(23)15-3-2-10-29-15)19(26)28-11-16(24)22-20(21)27/h2-7,10,14,18H,8-9,11H2,1H3,(H3,21,22,24,27)/t14-,18+/m1/s1. The number of anilines is 1. The summed E-state index contributed by atoms with van der Waals surface area (Å²) in [5.41, 5.74) is 6.64. The van der Waals surface area contributed by atoms with Crippen LogP contribution in [0, 0.1) is 12.8 Å². The van der Waals surface area contributed by atoms with Crippen LogP contribution in [0.1, 0.15) is 29.3 Å². The number of benzene rings is 1. The number of urea groups is 1. The van der Waals surface area contributed by atoms with Crippen molar-refractivity contribution in [3.63, 3.8) is 0 Å². The number of nitrogens with zero attached hydrogens (tertiary/aromatic N) is 1. The average Bonchev–Trinajstić information content (AvgIpc) is 3.20. The van der Waals surface area contributed by atoms with Crippen LogP contribution in [0.5, 0.6) is 0 Å². The Morgan fingerprint density at radius 1 is 1.24 bits per heavy atom. The predicted molar refractivity (Wildman–Crippen MR) is 107 cm³/mol. The summed E-state index contributed by atoms with van der Waals surface area (Å²) in [5, 5.41) is 3.73. The van der Waals surface area contributed by atoms with E-state index in [1.54, 1.807) is 4.90 Å². The Bertz CT molecular complexity index is 911. The van der Waals surface area contributed by atoms with Gasteiger partial charge in [0.1, 0.15) is 0 Å². The molecule has 152 valence electrons. The third-order valence-corrected chi connectivity index (χ3v) is 5.60. The lowest BCUT2D eigenvalue weighted by molar-refractivity contribution is -0.154. The second-order valence-electron chi connectivity index (χ2n) is 6.72. The van der Waals surface area contributed by atoms with Crippen LogP contribution in [0.2, 0.25) is 0 Å². The van der Waals surface area contributed by atoms with E-state index in [1.807, 2.05) is 54.0 Å². The molecule has 2 heterocycles. The topological polar surface area (TPSA) is 119 Å². The number of ether oxygens (including phenoxy) is 1. The minimum Gasteiger partial charge on any atom is -0.455 e. The molecule has 3 N–H and O–H groups in total. The van der Waals surface area contributed by atoms with Crippen molar-refractivity contribution < 1.29 is 23.9 Å². The number of carbonyl (C=O) groups is 4. The Hall–Kier alpha value is -3.20. The number of piperidine rings is 1. The summed E-state index contributed by atoms with van der Waals surface area (Å²) >= 11 is 1.44. The summed E-state index contributed by atoms with van der Waals surface area (Å²) in [6.45, 7) is 1.34. The highest BCUT2D eigenvalue weighted by atomic mass is 32.1. The van der Waals surface area contributed by atoms with Gasteiger partial charge in [0.05, 0.1) is 12.0 Å². The van der Waals surface area contributed by atoms with Crippen molar-refractivity contribution in [2.45, 2.75) is 25.8 Å². The van der Waals surface area contributed by atoms with Crippen LogP contribution in [-0.4, -0.2) is 30.4 Å². The number of aryl methyl sites for hydroxylation is 1. The first kappa shape index (κ1) is 20.5. The molecule has 4 amide bonds. The second-order valence-corrected chi connectivity index (χ2v) is 7.70. The number of esters is 1. The van der Waals surface area contributed by atoms with Crippen molar-refractivity contribution in [3.8, 4) is 0 Å². The Morgan fingerprint density at radius 3 is 2.59 bits per heavy atom.